The SMILES string of the molecule is CC(C)C[C@H](CN)CC(=O)N1CCCC1c1ccccc1. The Hall–Kier alpha value is -1.35. The van der Waals surface area contributed by atoms with Crippen LogP contribution in [0.25, 0.3) is 0 Å². The first-order chi connectivity index (χ1) is 10.1. The molecule has 1 aliphatic rings. The van der Waals surface area contributed by atoms with E-state index in [9.17, 15) is 4.79 Å². The fraction of sp³-hybridized carbons (Fsp3) is 0.611. The third-order valence-electron chi connectivity index (χ3n) is 4.36. The van der Waals surface area contributed by atoms with Crippen molar-refractivity contribution in [3.8, 4) is 0 Å². The first-order valence-electron chi connectivity index (χ1n) is 8.16. The minimum Gasteiger partial charge on any atom is -0.336 e. The van der Waals surface area contributed by atoms with E-state index in [1.807, 2.05) is 6.07 Å². The lowest BCUT2D eigenvalue weighted by atomic mass is 9.93. The molecular weight excluding hydrogens is 260 g/mol. The number of rotatable bonds is 6. The summed E-state index contributed by atoms with van der Waals surface area (Å²) in [6.07, 6.45) is 3.81. The van der Waals surface area contributed by atoms with Crippen LogP contribution in [0.4, 0.5) is 0 Å². The predicted molar refractivity (Wildman–Crippen MR) is 86.7 cm³/mol. The fourth-order valence-corrected chi connectivity index (χ4v) is 3.38. The third kappa shape index (κ3) is 4.31. The molecule has 3 heteroatoms. The van der Waals surface area contributed by atoms with Crippen LogP contribution in [0.15, 0.2) is 30.3 Å². The molecule has 2 atom stereocenters. The normalized spacial score (nSPS) is 20.0. The molecule has 2 rings (SSSR count). The number of nitrogens with two attached hydrogens (primary N) is 1. The van der Waals surface area contributed by atoms with Gasteiger partial charge in [0.2, 0.25) is 5.91 Å². The van der Waals surface area contributed by atoms with E-state index in [0.717, 1.165) is 25.8 Å². The Morgan fingerprint density at radius 1 is 1.33 bits per heavy atom. The molecule has 1 aromatic rings. The van der Waals surface area contributed by atoms with Gasteiger partial charge < -0.3 is 10.6 Å². The van der Waals surface area contributed by atoms with Gasteiger partial charge in [-0.25, -0.2) is 0 Å². The van der Waals surface area contributed by atoms with Crippen LogP contribution in [0, 0.1) is 11.8 Å². The molecule has 1 aromatic carbocycles. The number of nitrogens with zero attached hydrogens (tertiary/aromatic N) is 1. The molecule has 0 aliphatic carbocycles. The summed E-state index contributed by atoms with van der Waals surface area (Å²) >= 11 is 0. The van der Waals surface area contributed by atoms with Gasteiger partial charge in [-0.3, -0.25) is 4.79 Å². The molecule has 0 saturated carbocycles. The first-order valence-corrected chi connectivity index (χ1v) is 8.16. The van der Waals surface area contributed by atoms with Gasteiger partial charge in [0, 0.05) is 13.0 Å². The highest BCUT2D eigenvalue weighted by Gasteiger charge is 2.30. The van der Waals surface area contributed by atoms with Crippen molar-refractivity contribution in [1.29, 1.82) is 0 Å². The molecule has 0 aromatic heterocycles. The summed E-state index contributed by atoms with van der Waals surface area (Å²) in [5.41, 5.74) is 7.10. The summed E-state index contributed by atoms with van der Waals surface area (Å²) in [4.78, 5) is 14.7. The smallest absolute Gasteiger partial charge is 0.223 e. The zero-order valence-corrected chi connectivity index (χ0v) is 13.3. The van der Waals surface area contributed by atoms with Gasteiger partial charge in [0.25, 0.3) is 0 Å². The number of carbonyl (C=O) groups is 1. The van der Waals surface area contributed by atoms with Crippen molar-refractivity contribution in [1.82, 2.24) is 4.90 Å². The monoisotopic (exact) mass is 288 g/mol. The summed E-state index contributed by atoms with van der Waals surface area (Å²) < 4.78 is 0. The second kappa shape index (κ2) is 7.60. The maximum Gasteiger partial charge on any atom is 0.223 e. The Bertz CT molecular complexity index is 444. The summed E-state index contributed by atoms with van der Waals surface area (Å²) in [5, 5.41) is 0. The van der Waals surface area contributed by atoms with Crippen LogP contribution < -0.4 is 5.73 Å². The molecule has 3 nitrogen and oxygen atoms in total. The molecule has 1 saturated heterocycles. The van der Waals surface area contributed by atoms with Crippen molar-refractivity contribution in [2.75, 3.05) is 13.1 Å². The average Bonchev–Trinajstić information content (AvgIpc) is 2.96. The van der Waals surface area contributed by atoms with Crippen LogP contribution in [-0.4, -0.2) is 23.9 Å². The van der Waals surface area contributed by atoms with E-state index in [0.29, 0.717) is 24.8 Å². The molecule has 0 bridgehead atoms. The Morgan fingerprint density at radius 3 is 2.67 bits per heavy atom. The van der Waals surface area contributed by atoms with Gasteiger partial charge in [0.05, 0.1) is 6.04 Å². The van der Waals surface area contributed by atoms with Gasteiger partial charge in [-0.15, -0.1) is 0 Å². The molecule has 0 spiro atoms. The van der Waals surface area contributed by atoms with Gasteiger partial charge in [0.1, 0.15) is 0 Å². The largest absolute Gasteiger partial charge is 0.336 e. The molecule has 0 radical (unpaired) electrons. The van der Waals surface area contributed by atoms with Gasteiger partial charge in [-0.1, -0.05) is 44.2 Å². The van der Waals surface area contributed by atoms with Gasteiger partial charge in [0.15, 0.2) is 0 Å². The first kappa shape index (κ1) is 16.0. The van der Waals surface area contributed by atoms with Crippen molar-refractivity contribution in [2.24, 2.45) is 17.6 Å². The van der Waals surface area contributed by atoms with Gasteiger partial charge in [-0.2, -0.15) is 0 Å². The highest BCUT2D eigenvalue weighted by Crippen LogP contribution is 2.33. The summed E-state index contributed by atoms with van der Waals surface area (Å²) in [5.74, 6) is 1.18. The predicted octanol–water partition coefficient (Wildman–Crippen LogP) is 3.36. The summed E-state index contributed by atoms with van der Waals surface area (Å²) in [7, 11) is 0. The lowest BCUT2D eigenvalue weighted by Crippen LogP contribution is -2.33. The van der Waals surface area contributed by atoms with Crippen LogP contribution in [0.1, 0.15) is 51.1 Å². The topological polar surface area (TPSA) is 46.3 Å². The number of benzene rings is 1. The summed E-state index contributed by atoms with van der Waals surface area (Å²) in [6, 6.07) is 10.7. The van der Waals surface area contributed by atoms with Crippen LogP contribution in [-0.2, 0) is 4.79 Å². The van der Waals surface area contributed by atoms with Gasteiger partial charge in [-0.05, 0) is 43.2 Å². The van der Waals surface area contributed by atoms with Crippen molar-refractivity contribution < 1.29 is 4.79 Å². The maximum atomic E-state index is 12.7. The standard InChI is InChI=1S/C18H28N2O/c1-14(2)11-15(13-19)12-18(21)20-10-6-9-17(20)16-7-4-3-5-8-16/h3-5,7-8,14-15,17H,6,9-13,19H2,1-2H3/t15-,17?/m0/s1. The molecule has 1 unspecified atom stereocenters. The zero-order chi connectivity index (χ0) is 15.2. The second-order valence-electron chi connectivity index (χ2n) is 6.59. The minimum atomic E-state index is 0.260. The maximum absolute atomic E-state index is 12.7. The van der Waals surface area contributed by atoms with Crippen molar-refractivity contribution >= 4 is 5.91 Å². The van der Waals surface area contributed by atoms with Crippen molar-refractivity contribution in [3.05, 3.63) is 35.9 Å². The molecule has 1 heterocycles. The van der Waals surface area contributed by atoms with Crippen LogP contribution in [0.5, 0.6) is 0 Å². The van der Waals surface area contributed by atoms with Crippen molar-refractivity contribution in [3.63, 3.8) is 0 Å². The molecule has 1 amide bonds. The Balaban J connectivity index is 2.00. The lowest BCUT2D eigenvalue weighted by Gasteiger charge is -2.27. The summed E-state index contributed by atoms with van der Waals surface area (Å²) in [6.45, 7) is 5.87. The third-order valence-corrected chi connectivity index (χ3v) is 4.36. The Morgan fingerprint density at radius 2 is 2.05 bits per heavy atom. The van der Waals surface area contributed by atoms with E-state index in [-0.39, 0.29) is 11.9 Å². The van der Waals surface area contributed by atoms with E-state index in [2.05, 4.69) is 43.0 Å². The Labute approximate surface area is 128 Å². The molecule has 2 N–H and O–H groups in total. The zero-order valence-electron chi connectivity index (χ0n) is 13.3. The second-order valence-corrected chi connectivity index (χ2v) is 6.59. The van der Waals surface area contributed by atoms with Crippen LogP contribution in [0.3, 0.4) is 0 Å². The van der Waals surface area contributed by atoms with E-state index < -0.39 is 0 Å². The van der Waals surface area contributed by atoms with Crippen LogP contribution >= 0.6 is 0 Å². The fourth-order valence-electron chi connectivity index (χ4n) is 3.38. The average molecular weight is 288 g/mol. The molecule has 21 heavy (non-hydrogen) atoms. The molecular formula is C18H28N2O. The molecule has 1 fully saturated rings. The number of amides is 1. The molecule has 1 aliphatic heterocycles. The number of hydrogen-bond donors (Lipinski definition) is 1. The van der Waals surface area contributed by atoms with E-state index >= 15 is 0 Å². The Kier molecular flexibility index (Phi) is 5.80. The van der Waals surface area contributed by atoms with E-state index in [1.54, 1.807) is 0 Å². The van der Waals surface area contributed by atoms with E-state index in [4.69, 9.17) is 5.73 Å². The minimum absolute atomic E-state index is 0.260. The van der Waals surface area contributed by atoms with Crippen LogP contribution in [0.2, 0.25) is 0 Å². The number of hydrogen-bond acceptors (Lipinski definition) is 2. The molecule has 116 valence electrons. The highest BCUT2D eigenvalue weighted by molar-refractivity contribution is 5.77. The number of carbonyl (C=O) groups excluding carboxylic acids is 1. The number of likely N-dealkylation sites (tertiary alicyclic amines) is 1. The van der Waals surface area contributed by atoms with Crippen molar-refractivity contribution in [2.45, 2.75) is 45.6 Å². The quantitative estimate of drug-likeness (QED) is 0.872. The lowest BCUT2D eigenvalue weighted by molar-refractivity contribution is -0.133. The highest BCUT2D eigenvalue weighted by atomic mass is 16.2. The van der Waals surface area contributed by atoms with Gasteiger partial charge >= 0.3 is 0 Å². The van der Waals surface area contributed by atoms with E-state index in [1.165, 1.54) is 5.56 Å².